The highest BCUT2D eigenvalue weighted by Crippen LogP contribution is 2.16. The molecule has 0 aliphatic heterocycles. The molecular weight excluding hydrogens is 313 g/mol. The van der Waals surface area contributed by atoms with Crippen molar-refractivity contribution in [2.75, 3.05) is 10.6 Å². The van der Waals surface area contributed by atoms with E-state index in [9.17, 15) is 9.18 Å². The molecule has 0 aliphatic carbocycles. The first-order valence-corrected chi connectivity index (χ1v) is 7.13. The van der Waals surface area contributed by atoms with E-state index in [1.165, 1.54) is 18.2 Å². The van der Waals surface area contributed by atoms with E-state index >= 15 is 0 Å². The number of nitrogens with one attached hydrogen (secondary N) is 2. The van der Waals surface area contributed by atoms with Gasteiger partial charge in [-0.2, -0.15) is 0 Å². The number of halogens is 1. The van der Waals surface area contributed by atoms with Crippen LogP contribution in [0.2, 0.25) is 0 Å². The molecule has 0 atom stereocenters. The van der Waals surface area contributed by atoms with Gasteiger partial charge in [-0.1, -0.05) is 17.3 Å². The first-order valence-electron chi connectivity index (χ1n) is 7.13. The minimum Gasteiger partial charge on any atom is -0.360 e. The van der Waals surface area contributed by atoms with Crippen molar-refractivity contribution >= 4 is 23.4 Å². The molecule has 0 fully saturated rings. The minimum atomic E-state index is -0.537. The van der Waals surface area contributed by atoms with Gasteiger partial charge in [0, 0.05) is 11.8 Å². The van der Waals surface area contributed by atoms with Crippen molar-refractivity contribution in [2.24, 2.45) is 0 Å². The number of aromatic nitrogens is 3. The lowest BCUT2D eigenvalue weighted by Crippen LogP contribution is -2.16. The standard InChI is InChI=1S/C16H14FN5O2/c1-9-7-13(15(23)19-12-6-4-3-5-11(12)17)20-16(18-9)21-14-8-10(2)24-22-14/h3-8H,1-2H3,(H,19,23)(H,18,20,21,22). The van der Waals surface area contributed by atoms with Crippen LogP contribution in [0, 0.1) is 19.7 Å². The fourth-order valence-corrected chi connectivity index (χ4v) is 2.03. The molecule has 3 aromatic rings. The summed E-state index contributed by atoms with van der Waals surface area (Å²) < 4.78 is 18.6. The summed E-state index contributed by atoms with van der Waals surface area (Å²) in [6.45, 7) is 3.48. The van der Waals surface area contributed by atoms with Crippen LogP contribution < -0.4 is 10.6 Å². The zero-order chi connectivity index (χ0) is 17.1. The van der Waals surface area contributed by atoms with Crippen molar-refractivity contribution in [3.63, 3.8) is 0 Å². The first-order chi connectivity index (χ1) is 11.5. The van der Waals surface area contributed by atoms with Gasteiger partial charge in [0.05, 0.1) is 5.69 Å². The van der Waals surface area contributed by atoms with Crippen LogP contribution in [0.25, 0.3) is 0 Å². The van der Waals surface area contributed by atoms with E-state index in [-0.39, 0.29) is 17.3 Å². The molecule has 3 rings (SSSR count). The Balaban J connectivity index is 1.82. The monoisotopic (exact) mass is 327 g/mol. The summed E-state index contributed by atoms with van der Waals surface area (Å²) in [5, 5.41) is 9.12. The number of amides is 1. The van der Waals surface area contributed by atoms with Crippen LogP contribution in [0.4, 0.5) is 21.8 Å². The van der Waals surface area contributed by atoms with E-state index in [4.69, 9.17) is 4.52 Å². The number of carbonyl (C=O) groups excluding carboxylic acids is 1. The third-order valence-corrected chi connectivity index (χ3v) is 3.08. The zero-order valence-electron chi connectivity index (χ0n) is 13.0. The van der Waals surface area contributed by atoms with Gasteiger partial charge in [-0.15, -0.1) is 0 Å². The molecule has 8 heteroatoms. The van der Waals surface area contributed by atoms with Gasteiger partial charge in [0.1, 0.15) is 17.3 Å². The van der Waals surface area contributed by atoms with Gasteiger partial charge >= 0.3 is 0 Å². The SMILES string of the molecule is Cc1cc(C(=O)Nc2ccccc2F)nc(Nc2cc(C)on2)n1. The summed E-state index contributed by atoms with van der Waals surface area (Å²) in [6, 6.07) is 9.09. The summed E-state index contributed by atoms with van der Waals surface area (Å²) in [5.74, 6) is 0.196. The fourth-order valence-electron chi connectivity index (χ4n) is 2.03. The summed E-state index contributed by atoms with van der Waals surface area (Å²) in [7, 11) is 0. The Kier molecular flexibility index (Phi) is 4.19. The summed E-state index contributed by atoms with van der Waals surface area (Å²) in [5.41, 5.74) is 0.764. The van der Waals surface area contributed by atoms with Gasteiger partial charge in [0.15, 0.2) is 5.82 Å². The number of para-hydroxylation sites is 1. The van der Waals surface area contributed by atoms with E-state index in [0.717, 1.165) is 0 Å². The number of anilines is 3. The molecule has 2 aromatic heterocycles. The number of nitrogens with zero attached hydrogens (tertiary/aromatic N) is 3. The Morgan fingerprint density at radius 1 is 1.17 bits per heavy atom. The van der Waals surface area contributed by atoms with Crippen LogP contribution in [0.5, 0.6) is 0 Å². The molecule has 1 amide bonds. The predicted octanol–water partition coefficient (Wildman–Crippen LogP) is 3.22. The Bertz CT molecular complexity index is 894. The normalized spacial score (nSPS) is 10.5. The summed E-state index contributed by atoms with van der Waals surface area (Å²) in [4.78, 5) is 20.6. The Morgan fingerprint density at radius 3 is 2.67 bits per heavy atom. The molecule has 0 spiro atoms. The average molecular weight is 327 g/mol. The number of benzene rings is 1. The van der Waals surface area contributed by atoms with Gasteiger partial charge in [-0.25, -0.2) is 14.4 Å². The van der Waals surface area contributed by atoms with Crippen molar-refractivity contribution in [3.8, 4) is 0 Å². The topological polar surface area (TPSA) is 92.9 Å². The third kappa shape index (κ3) is 3.54. The summed E-state index contributed by atoms with van der Waals surface area (Å²) >= 11 is 0. The Labute approximate surface area is 136 Å². The van der Waals surface area contributed by atoms with Crippen molar-refractivity contribution in [2.45, 2.75) is 13.8 Å². The molecule has 24 heavy (non-hydrogen) atoms. The van der Waals surface area contributed by atoms with E-state index in [2.05, 4.69) is 25.8 Å². The highest BCUT2D eigenvalue weighted by Gasteiger charge is 2.13. The maximum absolute atomic E-state index is 13.6. The van der Waals surface area contributed by atoms with Crippen LogP contribution >= 0.6 is 0 Å². The molecule has 0 radical (unpaired) electrons. The van der Waals surface area contributed by atoms with Crippen molar-refractivity contribution < 1.29 is 13.7 Å². The molecule has 0 saturated heterocycles. The molecule has 0 saturated carbocycles. The number of hydrogen-bond donors (Lipinski definition) is 2. The Hall–Kier alpha value is -3.29. The fraction of sp³-hybridized carbons (Fsp3) is 0.125. The highest BCUT2D eigenvalue weighted by atomic mass is 19.1. The van der Waals surface area contributed by atoms with Crippen LogP contribution in [-0.4, -0.2) is 21.0 Å². The van der Waals surface area contributed by atoms with Crippen LogP contribution in [0.1, 0.15) is 21.9 Å². The molecule has 0 aliphatic rings. The lowest BCUT2D eigenvalue weighted by atomic mass is 10.2. The van der Waals surface area contributed by atoms with Crippen LogP contribution in [0.3, 0.4) is 0 Å². The summed E-state index contributed by atoms with van der Waals surface area (Å²) in [6.07, 6.45) is 0. The number of hydrogen-bond acceptors (Lipinski definition) is 6. The molecule has 122 valence electrons. The van der Waals surface area contributed by atoms with Crippen molar-refractivity contribution in [3.05, 3.63) is 59.4 Å². The van der Waals surface area contributed by atoms with E-state index < -0.39 is 11.7 Å². The zero-order valence-corrected chi connectivity index (χ0v) is 13.0. The van der Waals surface area contributed by atoms with E-state index in [1.54, 1.807) is 32.0 Å². The largest absolute Gasteiger partial charge is 0.360 e. The van der Waals surface area contributed by atoms with Crippen LogP contribution in [-0.2, 0) is 0 Å². The maximum Gasteiger partial charge on any atom is 0.274 e. The molecule has 0 bridgehead atoms. The van der Waals surface area contributed by atoms with Crippen molar-refractivity contribution in [1.29, 1.82) is 0 Å². The molecule has 1 aromatic carbocycles. The number of rotatable bonds is 4. The quantitative estimate of drug-likeness (QED) is 0.764. The molecule has 2 heterocycles. The second kappa shape index (κ2) is 6.45. The molecule has 2 N–H and O–H groups in total. The van der Waals surface area contributed by atoms with E-state index in [0.29, 0.717) is 17.3 Å². The molecule has 0 unspecified atom stereocenters. The van der Waals surface area contributed by atoms with Gasteiger partial charge in [-0.3, -0.25) is 4.79 Å². The van der Waals surface area contributed by atoms with Gasteiger partial charge < -0.3 is 15.2 Å². The highest BCUT2D eigenvalue weighted by molar-refractivity contribution is 6.03. The lowest BCUT2D eigenvalue weighted by molar-refractivity contribution is 0.102. The van der Waals surface area contributed by atoms with Gasteiger partial charge in [-0.05, 0) is 32.0 Å². The van der Waals surface area contributed by atoms with E-state index in [1.807, 2.05) is 0 Å². The average Bonchev–Trinajstić information content (AvgIpc) is 2.94. The Morgan fingerprint density at radius 2 is 1.96 bits per heavy atom. The second-order valence-corrected chi connectivity index (χ2v) is 5.10. The molecular formula is C16H14FN5O2. The maximum atomic E-state index is 13.6. The number of aryl methyl sites for hydroxylation is 2. The second-order valence-electron chi connectivity index (χ2n) is 5.10. The van der Waals surface area contributed by atoms with Crippen LogP contribution in [0.15, 0.2) is 40.9 Å². The van der Waals surface area contributed by atoms with Gasteiger partial charge in [0.2, 0.25) is 5.95 Å². The minimum absolute atomic E-state index is 0.0837. The molecule has 7 nitrogen and oxygen atoms in total. The smallest absolute Gasteiger partial charge is 0.274 e. The van der Waals surface area contributed by atoms with Gasteiger partial charge in [0.25, 0.3) is 5.91 Å². The predicted molar refractivity (Wildman–Crippen MR) is 85.6 cm³/mol. The lowest BCUT2D eigenvalue weighted by Gasteiger charge is -2.08. The first kappa shape index (κ1) is 15.6. The number of carbonyl (C=O) groups is 1. The third-order valence-electron chi connectivity index (χ3n) is 3.08. The van der Waals surface area contributed by atoms with Crippen molar-refractivity contribution in [1.82, 2.24) is 15.1 Å².